The molecular formula is C14H21ClN2O3S2. The average molecular weight is 365 g/mol. The summed E-state index contributed by atoms with van der Waals surface area (Å²) >= 11 is 6.89. The van der Waals surface area contributed by atoms with Crippen LogP contribution in [0.3, 0.4) is 0 Å². The van der Waals surface area contributed by atoms with Crippen molar-refractivity contribution in [2.24, 2.45) is 5.92 Å². The van der Waals surface area contributed by atoms with Crippen molar-refractivity contribution >= 4 is 38.9 Å². The van der Waals surface area contributed by atoms with Gasteiger partial charge in [0.1, 0.15) is 4.21 Å². The Morgan fingerprint density at radius 3 is 2.36 bits per heavy atom. The highest BCUT2D eigenvalue weighted by Crippen LogP contribution is 2.30. The molecule has 1 amide bonds. The summed E-state index contributed by atoms with van der Waals surface area (Å²) in [6, 6.07) is 3.13. The molecule has 0 N–H and O–H groups in total. The van der Waals surface area contributed by atoms with Gasteiger partial charge in [-0.05, 0) is 38.8 Å². The van der Waals surface area contributed by atoms with E-state index in [-0.39, 0.29) is 16.0 Å². The van der Waals surface area contributed by atoms with Gasteiger partial charge in [0.15, 0.2) is 0 Å². The molecule has 1 fully saturated rings. The van der Waals surface area contributed by atoms with Crippen LogP contribution in [0.5, 0.6) is 0 Å². The van der Waals surface area contributed by atoms with Crippen LogP contribution in [0.15, 0.2) is 16.3 Å². The summed E-state index contributed by atoms with van der Waals surface area (Å²) in [4.78, 5) is 14.1. The molecule has 8 heteroatoms. The van der Waals surface area contributed by atoms with E-state index < -0.39 is 10.0 Å². The average Bonchev–Trinajstić information content (AvgIpc) is 2.96. The number of carbonyl (C=O) groups is 1. The highest BCUT2D eigenvalue weighted by molar-refractivity contribution is 7.91. The Labute approximate surface area is 140 Å². The molecule has 1 aromatic heterocycles. The minimum absolute atomic E-state index is 0.0710. The summed E-state index contributed by atoms with van der Waals surface area (Å²) in [5.41, 5.74) is 0. The second-order valence-corrected chi connectivity index (χ2v) is 9.13. The van der Waals surface area contributed by atoms with Crippen molar-refractivity contribution in [2.45, 2.75) is 30.9 Å². The molecule has 2 heterocycles. The molecule has 1 aliphatic heterocycles. The Bertz CT molecular complexity index is 618. The fourth-order valence-electron chi connectivity index (χ4n) is 2.70. The van der Waals surface area contributed by atoms with Crippen molar-refractivity contribution < 1.29 is 13.2 Å². The van der Waals surface area contributed by atoms with Crippen LogP contribution < -0.4 is 0 Å². The Morgan fingerprint density at radius 2 is 1.91 bits per heavy atom. The molecule has 0 atom stereocenters. The van der Waals surface area contributed by atoms with Gasteiger partial charge >= 0.3 is 0 Å². The number of hydrogen-bond donors (Lipinski definition) is 0. The molecule has 1 aliphatic rings. The Balaban J connectivity index is 2.01. The van der Waals surface area contributed by atoms with Gasteiger partial charge in [-0.2, -0.15) is 4.31 Å². The Morgan fingerprint density at radius 1 is 1.32 bits per heavy atom. The minimum Gasteiger partial charge on any atom is -0.343 e. The SMILES string of the molecule is CCN(CC)C(=O)C1CCN(S(=O)(=O)c2ccc(Cl)s2)CC1. The van der Waals surface area contributed by atoms with E-state index in [9.17, 15) is 13.2 Å². The fourth-order valence-corrected chi connectivity index (χ4v) is 5.81. The smallest absolute Gasteiger partial charge is 0.252 e. The van der Waals surface area contributed by atoms with Crippen LogP contribution in [-0.4, -0.2) is 49.7 Å². The van der Waals surface area contributed by atoms with Crippen LogP contribution >= 0.6 is 22.9 Å². The molecule has 0 saturated carbocycles. The van der Waals surface area contributed by atoms with Crippen LogP contribution in [0.25, 0.3) is 0 Å². The van der Waals surface area contributed by atoms with Gasteiger partial charge in [0.25, 0.3) is 10.0 Å². The summed E-state index contributed by atoms with van der Waals surface area (Å²) in [6.07, 6.45) is 1.15. The largest absolute Gasteiger partial charge is 0.343 e. The number of halogens is 1. The van der Waals surface area contributed by atoms with Crippen LogP contribution in [-0.2, 0) is 14.8 Å². The molecule has 22 heavy (non-hydrogen) atoms. The molecule has 124 valence electrons. The summed E-state index contributed by atoms with van der Waals surface area (Å²) in [6.45, 7) is 6.08. The topological polar surface area (TPSA) is 57.7 Å². The van der Waals surface area contributed by atoms with Crippen molar-refractivity contribution in [1.82, 2.24) is 9.21 Å². The van der Waals surface area contributed by atoms with Gasteiger partial charge in [-0.3, -0.25) is 4.79 Å². The van der Waals surface area contributed by atoms with E-state index in [0.717, 1.165) is 11.3 Å². The van der Waals surface area contributed by atoms with Crippen LogP contribution in [0.4, 0.5) is 0 Å². The molecule has 1 aromatic rings. The van der Waals surface area contributed by atoms with Gasteiger partial charge in [0.2, 0.25) is 5.91 Å². The van der Waals surface area contributed by atoms with E-state index in [4.69, 9.17) is 11.6 Å². The van der Waals surface area contributed by atoms with Crippen molar-refractivity contribution in [2.75, 3.05) is 26.2 Å². The second-order valence-electron chi connectivity index (χ2n) is 5.25. The Kier molecular flexibility index (Phi) is 5.87. The maximum absolute atomic E-state index is 12.5. The van der Waals surface area contributed by atoms with E-state index in [1.54, 1.807) is 6.07 Å². The quantitative estimate of drug-likeness (QED) is 0.807. The first kappa shape index (κ1) is 17.7. The third-order valence-corrected chi connectivity index (χ3v) is 7.62. The monoisotopic (exact) mass is 364 g/mol. The van der Waals surface area contributed by atoms with Gasteiger partial charge < -0.3 is 4.90 Å². The third kappa shape index (κ3) is 3.64. The summed E-state index contributed by atoms with van der Waals surface area (Å²) in [5.74, 6) is 0.0690. The molecule has 0 aromatic carbocycles. The first-order chi connectivity index (χ1) is 10.4. The lowest BCUT2D eigenvalue weighted by molar-refractivity contribution is -0.136. The van der Waals surface area contributed by atoms with Gasteiger partial charge in [0, 0.05) is 32.1 Å². The molecule has 0 radical (unpaired) electrons. The molecule has 1 saturated heterocycles. The van der Waals surface area contributed by atoms with Crippen molar-refractivity contribution in [3.05, 3.63) is 16.5 Å². The lowest BCUT2D eigenvalue weighted by Crippen LogP contribution is -2.44. The van der Waals surface area contributed by atoms with E-state index in [1.807, 2.05) is 18.7 Å². The number of hydrogen-bond acceptors (Lipinski definition) is 4. The maximum atomic E-state index is 12.5. The number of piperidine rings is 1. The molecule has 0 bridgehead atoms. The predicted molar refractivity (Wildman–Crippen MR) is 88.7 cm³/mol. The number of nitrogens with zero attached hydrogens (tertiary/aromatic N) is 2. The van der Waals surface area contributed by atoms with E-state index in [0.29, 0.717) is 43.4 Å². The zero-order valence-electron chi connectivity index (χ0n) is 12.8. The fraction of sp³-hybridized carbons (Fsp3) is 0.643. The van der Waals surface area contributed by atoms with Gasteiger partial charge in [-0.15, -0.1) is 11.3 Å². The maximum Gasteiger partial charge on any atom is 0.252 e. The highest BCUT2D eigenvalue weighted by atomic mass is 35.5. The van der Waals surface area contributed by atoms with Gasteiger partial charge in [-0.25, -0.2) is 8.42 Å². The first-order valence-electron chi connectivity index (χ1n) is 7.44. The van der Waals surface area contributed by atoms with Crippen LogP contribution in [0.1, 0.15) is 26.7 Å². The van der Waals surface area contributed by atoms with Crippen molar-refractivity contribution in [1.29, 1.82) is 0 Å². The number of thiophene rings is 1. The highest BCUT2D eigenvalue weighted by Gasteiger charge is 2.33. The molecule has 2 rings (SSSR count). The van der Waals surface area contributed by atoms with E-state index >= 15 is 0 Å². The van der Waals surface area contributed by atoms with Crippen molar-refractivity contribution in [3.8, 4) is 0 Å². The number of sulfonamides is 1. The zero-order valence-corrected chi connectivity index (χ0v) is 15.2. The third-order valence-electron chi connectivity index (χ3n) is 4.02. The van der Waals surface area contributed by atoms with Gasteiger partial charge in [-0.1, -0.05) is 11.6 Å². The molecule has 0 spiro atoms. The lowest BCUT2D eigenvalue weighted by atomic mass is 9.96. The zero-order chi connectivity index (χ0) is 16.3. The van der Waals surface area contributed by atoms with Crippen LogP contribution in [0.2, 0.25) is 4.34 Å². The number of carbonyl (C=O) groups excluding carboxylic acids is 1. The number of amides is 1. The van der Waals surface area contributed by atoms with E-state index in [1.165, 1.54) is 10.4 Å². The van der Waals surface area contributed by atoms with Crippen molar-refractivity contribution in [3.63, 3.8) is 0 Å². The van der Waals surface area contributed by atoms with E-state index in [2.05, 4.69) is 0 Å². The van der Waals surface area contributed by atoms with Crippen LogP contribution in [0, 0.1) is 5.92 Å². The summed E-state index contributed by atoms with van der Waals surface area (Å²) < 4.78 is 27.2. The predicted octanol–water partition coefficient (Wildman–Crippen LogP) is 2.67. The molecule has 5 nitrogen and oxygen atoms in total. The molecule has 0 aliphatic carbocycles. The molecular weight excluding hydrogens is 344 g/mol. The number of rotatable bonds is 5. The standard InChI is InChI=1S/C14H21ClN2O3S2/c1-3-16(4-2)14(18)11-7-9-17(10-8-11)22(19,20)13-6-5-12(15)21-13/h5-6,11H,3-4,7-10H2,1-2H3. The van der Waals surface area contributed by atoms with Gasteiger partial charge in [0.05, 0.1) is 4.34 Å². The minimum atomic E-state index is -3.48. The lowest BCUT2D eigenvalue weighted by Gasteiger charge is -2.32. The first-order valence-corrected chi connectivity index (χ1v) is 10.1. The summed E-state index contributed by atoms with van der Waals surface area (Å²) in [7, 11) is -3.48. The Hall–Kier alpha value is -0.630. The second kappa shape index (κ2) is 7.29. The molecule has 0 unspecified atom stereocenters. The summed E-state index contributed by atoms with van der Waals surface area (Å²) in [5, 5.41) is 0. The normalized spacial score (nSPS) is 17.6.